The molecule has 0 unspecified atom stereocenters. The molecule has 0 aromatic rings. The van der Waals surface area contributed by atoms with Crippen LogP contribution in [-0.4, -0.2) is 43.9 Å². The Morgan fingerprint density at radius 3 is 2.74 bits per heavy atom. The standard InChI is InChI=1S/C13H25NO3S2/c1-12(2,3)10-19(15,16)14-11-4-6-17-13(8-11)5-7-18-9-13/h11,14H,4-10H2,1-3H3/t11-,13-/m0/s1. The van der Waals surface area contributed by atoms with Crippen LogP contribution in [0.4, 0.5) is 0 Å². The quantitative estimate of drug-likeness (QED) is 0.866. The highest BCUT2D eigenvalue weighted by molar-refractivity contribution is 7.99. The van der Waals surface area contributed by atoms with Crippen molar-refractivity contribution in [2.45, 2.75) is 51.7 Å². The monoisotopic (exact) mass is 307 g/mol. The van der Waals surface area contributed by atoms with Crippen molar-refractivity contribution in [2.75, 3.05) is 23.9 Å². The maximum atomic E-state index is 12.2. The number of hydrogen-bond donors (Lipinski definition) is 1. The topological polar surface area (TPSA) is 55.4 Å². The van der Waals surface area contributed by atoms with Crippen molar-refractivity contribution in [1.82, 2.24) is 4.72 Å². The molecule has 2 aliphatic rings. The Morgan fingerprint density at radius 2 is 2.16 bits per heavy atom. The van der Waals surface area contributed by atoms with Crippen molar-refractivity contribution in [2.24, 2.45) is 5.41 Å². The van der Waals surface area contributed by atoms with E-state index in [4.69, 9.17) is 4.74 Å². The molecule has 4 nitrogen and oxygen atoms in total. The minimum atomic E-state index is -3.20. The summed E-state index contributed by atoms with van der Waals surface area (Å²) in [5.74, 6) is 2.31. The lowest BCUT2D eigenvalue weighted by Gasteiger charge is -2.38. The van der Waals surface area contributed by atoms with Gasteiger partial charge in [0.15, 0.2) is 0 Å². The maximum absolute atomic E-state index is 12.2. The predicted octanol–water partition coefficient (Wildman–Crippen LogP) is 2.01. The summed E-state index contributed by atoms with van der Waals surface area (Å²) in [5.41, 5.74) is -0.282. The Bertz CT molecular complexity index is 408. The fourth-order valence-electron chi connectivity index (χ4n) is 2.86. The Kier molecular flexibility index (Phi) is 4.55. The molecule has 1 spiro atoms. The number of ether oxygens (including phenoxy) is 1. The number of rotatable bonds is 3. The Hall–Kier alpha value is 0.220. The third-order valence-corrected chi connectivity index (χ3v) is 6.69. The Morgan fingerprint density at radius 1 is 1.42 bits per heavy atom. The summed E-state index contributed by atoms with van der Waals surface area (Å²) in [6, 6.07) is 0.0415. The van der Waals surface area contributed by atoms with Crippen LogP contribution >= 0.6 is 11.8 Å². The first-order chi connectivity index (χ1) is 8.70. The zero-order chi connectivity index (χ0) is 14.1. The molecule has 112 valence electrons. The summed E-state index contributed by atoms with van der Waals surface area (Å²) in [4.78, 5) is 0. The van der Waals surface area contributed by atoms with Crippen LogP contribution in [0.15, 0.2) is 0 Å². The largest absolute Gasteiger partial charge is 0.374 e. The second kappa shape index (κ2) is 5.54. The van der Waals surface area contributed by atoms with E-state index in [1.165, 1.54) is 0 Å². The molecule has 0 aromatic carbocycles. The van der Waals surface area contributed by atoms with E-state index < -0.39 is 10.0 Å². The van der Waals surface area contributed by atoms with Crippen LogP contribution in [0.1, 0.15) is 40.0 Å². The molecule has 2 fully saturated rings. The highest BCUT2D eigenvalue weighted by atomic mass is 32.2. The van der Waals surface area contributed by atoms with Crippen molar-refractivity contribution in [1.29, 1.82) is 0 Å². The fourth-order valence-corrected chi connectivity index (χ4v) is 6.17. The van der Waals surface area contributed by atoms with Gasteiger partial charge in [0.2, 0.25) is 10.0 Å². The average Bonchev–Trinajstić information content (AvgIpc) is 2.61. The van der Waals surface area contributed by atoms with Gasteiger partial charge in [-0.1, -0.05) is 20.8 Å². The molecule has 2 rings (SSSR count). The lowest BCUT2D eigenvalue weighted by Crippen LogP contribution is -2.49. The second-order valence-corrected chi connectivity index (χ2v) is 9.82. The average molecular weight is 307 g/mol. The molecule has 6 heteroatoms. The molecular weight excluding hydrogens is 282 g/mol. The molecule has 0 saturated carbocycles. The first-order valence-electron chi connectivity index (χ1n) is 6.92. The van der Waals surface area contributed by atoms with Crippen LogP contribution in [-0.2, 0) is 14.8 Å². The third kappa shape index (κ3) is 4.62. The number of sulfonamides is 1. The van der Waals surface area contributed by atoms with Crippen molar-refractivity contribution < 1.29 is 13.2 Å². The molecular formula is C13H25NO3S2. The normalized spacial score (nSPS) is 32.9. The van der Waals surface area contributed by atoms with Gasteiger partial charge >= 0.3 is 0 Å². The van der Waals surface area contributed by atoms with Crippen LogP contribution in [0.3, 0.4) is 0 Å². The van der Waals surface area contributed by atoms with Gasteiger partial charge in [0, 0.05) is 18.4 Å². The molecule has 19 heavy (non-hydrogen) atoms. The van der Waals surface area contributed by atoms with Gasteiger partial charge in [-0.15, -0.1) is 0 Å². The summed E-state index contributed by atoms with van der Waals surface area (Å²) in [6.45, 7) is 6.52. The summed E-state index contributed by atoms with van der Waals surface area (Å²) < 4.78 is 33.1. The molecule has 2 saturated heterocycles. The van der Waals surface area contributed by atoms with E-state index in [1.807, 2.05) is 32.5 Å². The van der Waals surface area contributed by atoms with Gasteiger partial charge in [0.25, 0.3) is 0 Å². The van der Waals surface area contributed by atoms with Gasteiger partial charge < -0.3 is 4.74 Å². The van der Waals surface area contributed by atoms with Gasteiger partial charge in [0.1, 0.15) is 0 Å². The van der Waals surface area contributed by atoms with Crippen LogP contribution in [0.2, 0.25) is 0 Å². The molecule has 2 aliphatic heterocycles. The Balaban J connectivity index is 1.95. The van der Waals surface area contributed by atoms with E-state index in [2.05, 4.69) is 4.72 Å². The van der Waals surface area contributed by atoms with E-state index in [1.54, 1.807) is 0 Å². The zero-order valence-corrected chi connectivity index (χ0v) is 13.7. The maximum Gasteiger partial charge on any atom is 0.212 e. The van der Waals surface area contributed by atoms with E-state index in [9.17, 15) is 8.42 Å². The van der Waals surface area contributed by atoms with Crippen LogP contribution < -0.4 is 4.72 Å². The Labute approximate surface area is 121 Å². The summed E-state index contributed by atoms with van der Waals surface area (Å²) in [5, 5.41) is 0. The minimum absolute atomic E-state index is 0.0415. The van der Waals surface area contributed by atoms with Gasteiger partial charge in [-0.05, 0) is 30.4 Å². The lowest BCUT2D eigenvalue weighted by molar-refractivity contribution is -0.0673. The number of hydrogen-bond acceptors (Lipinski definition) is 4. The highest BCUT2D eigenvalue weighted by Gasteiger charge is 2.41. The molecule has 1 N–H and O–H groups in total. The van der Waals surface area contributed by atoms with Crippen LogP contribution in [0.25, 0.3) is 0 Å². The van der Waals surface area contributed by atoms with Gasteiger partial charge in [-0.25, -0.2) is 13.1 Å². The zero-order valence-electron chi connectivity index (χ0n) is 12.1. The minimum Gasteiger partial charge on any atom is -0.374 e. The van der Waals surface area contributed by atoms with Crippen LogP contribution in [0.5, 0.6) is 0 Å². The molecule has 2 atom stereocenters. The highest BCUT2D eigenvalue weighted by Crippen LogP contribution is 2.38. The number of nitrogens with one attached hydrogen (secondary N) is 1. The predicted molar refractivity (Wildman–Crippen MR) is 80.0 cm³/mol. The third-order valence-electron chi connectivity index (χ3n) is 3.53. The first kappa shape index (κ1) is 15.6. The summed E-state index contributed by atoms with van der Waals surface area (Å²) in [7, 11) is -3.20. The van der Waals surface area contributed by atoms with Crippen molar-refractivity contribution >= 4 is 21.8 Å². The van der Waals surface area contributed by atoms with E-state index in [-0.39, 0.29) is 22.8 Å². The van der Waals surface area contributed by atoms with Gasteiger partial charge in [-0.3, -0.25) is 0 Å². The van der Waals surface area contributed by atoms with E-state index in [0.717, 1.165) is 30.8 Å². The summed E-state index contributed by atoms with van der Waals surface area (Å²) >= 11 is 1.91. The van der Waals surface area contributed by atoms with Crippen molar-refractivity contribution in [3.63, 3.8) is 0 Å². The molecule has 0 bridgehead atoms. The molecule has 0 radical (unpaired) electrons. The first-order valence-corrected chi connectivity index (χ1v) is 9.72. The molecule has 2 heterocycles. The van der Waals surface area contributed by atoms with Gasteiger partial charge in [-0.2, -0.15) is 11.8 Å². The van der Waals surface area contributed by atoms with Crippen molar-refractivity contribution in [3.8, 4) is 0 Å². The second-order valence-electron chi connectivity index (χ2n) is 6.96. The van der Waals surface area contributed by atoms with E-state index in [0.29, 0.717) is 6.61 Å². The van der Waals surface area contributed by atoms with Crippen LogP contribution in [0, 0.1) is 5.41 Å². The lowest BCUT2D eigenvalue weighted by atomic mass is 9.90. The molecule has 0 aromatic heterocycles. The van der Waals surface area contributed by atoms with Crippen molar-refractivity contribution in [3.05, 3.63) is 0 Å². The number of thioether (sulfide) groups is 1. The smallest absolute Gasteiger partial charge is 0.212 e. The molecule has 0 aliphatic carbocycles. The fraction of sp³-hybridized carbons (Fsp3) is 1.00. The molecule has 0 amide bonds. The summed E-state index contributed by atoms with van der Waals surface area (Å²) in [6.07, 6.45) is 2.66. The SMILES string of the molecule is CC(C)(C)CS(=O)(=O)N[C@H]1CCO[C@@]2(CCSC2)C1. The van der Waals surface area contributed by atoms with Gasteiger partial charge in [0.05, 0.1) is 11.4 Å². The van der Waals surface area contributed by atoms with E-state index >= 15 is 0 Å².